The summed E-state index contributed by atoms with van der Waals surface area (Å²) in [6.45, 7) is 2.78. The number of aliphatic carboxylic acids is 1. The molecule has 1 aliphatic heterocycles. The van der Waals surface area contributed by atoms with Crippen LogP contribution in [0.5, 0.6) is 0 Å². The molecule has 17 heavy (non-hydrogen) atoms. The molecule has 1 aliphatic rings. The van der Waals surface area contributed by atoms with Gasteiger partial charge >= 0.3 is 5.97 Å². The van der Waals surface area contributed by atoms with Gasteiger partial charge in [-0.2, -0.15) is 0 Å². The van der Waals surface area contributed by atoms with Crippen molar-refractivity contribution in [2.45, 2.75) is 51.0 Å². The molecule has 0 aromatic rings. The fourth-order valence-electron chi connectivity index (χ4n) is 2.30. The molecule has 0 spiro atoms. The Balaban J connectivity index is 2.65. The molecule has 1 unspecified atom stereocenters. The van der Waals surface area contributed by atoms with Gasteiger partial charge in [-0.05, 0) is 45.6 Å². The van der Waals surface area contributed by atoms with Gasteiger partial charge in [-0.25, -0.2) is 4.79 Å². The van der Waals surface area contributed by atoms with Gasteiger partial charge in [0.2, 0.25) is 5.91 Å². The van der Waals surface area contributed by atoms with Crippen LogP contribution in [0.3, 0.4) is 0 Å². The zero-order valence-corrected chi connectivity index (χ0v) is 10.4. The SMILES string of the molecule is CC1(C(=O)O)CCCCN1C(=O)CCCCN. The second kappa shape index (κ2) is 6.00. The van der Waals surface area contributed by atoms with E-state index in [0.29, 0.717) is 25.9 Å². The number of likely N-dealkylation sites (tertiary alicyclic amines) is 1. The minimum Gasteiger partial charge on any atom is -0.480 e. The third-order valence-corrected chi connectivity index (χ3v) is 3.50. The van der Waals surface area contributed by atoms with Crippen LogP contribution in [0.2, 0.25) is 0 Å². The van der Waals surface area contributed by atoms with E-state index in [-0.39, 0.29) is 5.91 Å². The number of amides is 1. The van der Waals surface area contributed by atoms with Crippen molar-refractivity contribution in [2.24, 2.45) is 5.73 Å². The molecule has 5 nitrogen and oxygen atoms in total. The van der Waals surface area contributed by atoms with Crippen molar-refractivity contribution < 1.29 is 14.7 Å². The van der Waals surface area contributed by atoms with Gasteiger partial charge in [0.25, 0.3) is 0 Å². The van der Waals surface area contributed by atoms with E-state index in [1.165, 1.54) is 4.90 Å². The lowest BCUT2D eigenvalue weighted by atomic mass is 9.88. The van der Waals surface area contributed by atoms with E-state index in [1.807, 2.05) is 0 Å². The van der Waals surface area contributed by atoms with E-state index in [9.17, 15) is 14.7 Å². The number of nitrogens with two attached hydrogens (primary N) is 1. The number of carboxylic acids is 1. The first-order valence-electron chi connectivity index (χ1n) is 6.26. The highest BCUT2D eigenvalue weighted by Crippen LogP contribution is 2.29. The van der Waals surface area contributed by atoms with Gasteiger partial charge in [-0.15, -0.1) is 0 Å². The summed E-state index contributed by atoms with van der Waals surface area (Å²) in [7, 11) is 0. The third kappa shape index (κ3) is 3.19. The predicted molar refractivity (Wildman–Crippen MR) is 64.5 cm³/mol. The zero-order valence-electron chi connectivity index (χ0n) is 10.4. The molecule has 1 fully saturated rings. The van der Waals surface area contributed by atoms with Crippen molar-refractivity contribution in [2.75, 3.05) is 13.1 Å². The lowest BCUT2D eigenvalue weighted by Gasteiger charge is -2.41. The molecule has 0 saturated carbocycles. The molecule has 1 atom stereocenters. The second-order valence-electron chi connectivity index (χ2n) is 4.83. The molecular formula is C12H22N2O3. The monoisotopic (exact) mass is 242 g/mol. The average Bonchev–Trinajstić information content (AvgIpc) is 2.29. The standard InChI is InChI=1S/C12H22N2O3/c1-12(11(16)17)7-3-5-9-14(12)10(15)6-2-4-8-13/h2-9,13H2,1H3,(H,16,17). The summed E-state index contributed by atoms with van der Waals surface area (Å²) in [6.07, 6.45) is 4.26. The molecule has 5 heteroatoms. The number of carbonyl (C=O) groups is 2. The van der Waals surface area contributed by atoms with E-state index in [4.69, 9.17) is 5.73 Å². The minimum atomic E-state index is -1.02. The lowest BCUT2D eigenvalue weighted by molar-refractivity contribution is -0.161. The molecule has 0 radical (unpaired) electrons. The Morgan fingerprint density at radius 1 is 1.35 bits per heavy atom. The van der Waals surface area contributed by atoms with Crippen LogP contribution in [0, 0.1) is 0 Å². The van der Waals surface area contributed by atoms with E-state index in [1.54, 1.807) is 6.92 Å². The Labute approximate surface area is 102 Å². The van der Waals surface area contributed by atoms with Gasteiger partial charge in [0.1, 0.15) is 5.54 Å². The van der Waals surface area contributed by atoms with E-state index in [0.717, 1.165) is 25.7 Å². The maximum atomic E-state index is 12.0. The first kappa shape index (κ1) is 14.0. The highest BCUT2D eigenvalue weighted by atomic mass is 16.4. The summed E-state index contributed by atoms with van der Waals surface area (Å²) >= 11 is 0. The van der Waals surface area contributed by atoms with Crippen molar-refractivity contribution in [3.05, 3.63) is 0 Å². The Morgan fingerprint density at radius 2 is 2.06 bits per heavy atom. The van der Waals surface area contributed by atoms with Crippen molar-refractivity contribution >= 4 is 11.9 Å². The normalized spacial score (nSPS) is 24.7. The van der Waals surface area contributed by atoms with Crippen molar-refractivity contribution in [1.29, 1.82) is 0 Å². The first-order chi connectivity index (χ1) is 8.02. The van der Waals surface area contributed by atoms with E-state index >= 15 is 0 Å². The number of unbranched alkanes of at least 4 members (excludes halogenated alkanes) is 1. The maximum absolute atomic E-state index is 12.0. The van der Waals surface area contributed by atoms with Gasteiger partial charge in [0, 0.05) is 13.0 Å². The van der Waals surface area contributed by atoms with Gasteiger partial charge < -0.3 is 15.7 Å². The molecule has 0 aliphatic carbocycles. The fourth-order valence-corrected chi connectivity index (χ4v) is 2.30. The molecule has 0 bridgehead atoms. The summed E-state index contributed by atoms with van der Waals surface area (Å²) in [5.41, 5.74) is 4.36. The number of carbonyl (C=O) groups excluding carboxylic acids is 1. The van der Waals surface area contributed by atoms with Crippen molar-refractivity contribution in [1.82, 2.24) is 4.90 Å². The van der Waals surface area contributed by atoms with E-state index in [2.05, 4.69) is 0 Å². The van der Waals surface area contributed by atoms with Crippen molar-refractivity contribution in [3.63, 3.8) is 0 Å². The summed E-state index contributed by atoms with van der Waals surface area (Å²) in [5, 5.41) is 9.27. The molecular weight excluding hydrogens is 220 g/mol. The molecule has 1 saturated heterocycles. The number of piperidine rings is 1. The van der Waals surface area contributed by atoms with Gasteiger partial charge in [-0.3, -0.25) is 4.79 Å². The van der Waals surface area contributed by atoms with Crippen LogP contribution >= 0.6 is 0 Å². The van der Waals surface area contributed by atoms with Crippen LogP contribution in [0.15, 0.2) is 0 Å². The summed E-state index contributed by atoms with van der Waals surface area (Å²) in [4.78, 5) is 24.9. The number of hydrogen-bond acceptors (Lipinski definition) is 3. The fraction of sp³-hybridized carbons (Fsp3) is 0.833. The van der Waals surface area contributed by atoms with Crippen LogP contribution in [0.4, 0.5) is 0 Å². The largest absolute Gasteiger partial charge is 0.480 e. The molecule has 0 aromatic carbocycles. The molecule has 98 valence electrons. The quantitative estimate of drug-likeness (QED) is 0.704. The number of rotatable bonds is 5. The average molecular weight is 242 g/mol. The Kier molecular flexibility index (Phi) is 4.93. The minimum absolute atomic E-state index is 0.0527. The summed E-state index contributed by atoms with van der Waals surface area (Å²) in [6, 6.07) is 0. The molecule has 1 heterocycles. The number of carboxylic acid groups (broad SMARTS) is 1. The van der Waals surface area contributed by atoms with Gasteiger partial charge in [-0.1, -0.05) is 0 Å². The Bertz CT molecular complexity index is 293. The van der Waals surface area contributed by atoms with Crippen LogP contribution in [0.1, 0.15) is 45.4 Å². The Morgan fingerprint density at radius 3 is 2.65 bits per heavy atom. The molecule has 0 aromatic heterocycles. The number of hydrogen-bond donors (Lipinski definition) is 2. The molecule has 3 N–H and O–H groups in total. The van der Waals surface area contributed by atoms with Gasteiger partial charge in [0.05, 0.1) is 0 Å². The highest BCUT2D eigenvalue weighted by Gasteiger charge is 2.43. The van der Waals surface area contributed by atoms with Crippen LogP contribution in [-0.2, 0) is 9.59 Å². The van der Waals surface area contributed by atoms with Crippen molar-refractivity contribution in [3.8, 4) is 0 Å². The van der Waals surface area contributed by atoms with E-state index < -0.39 is 11.5 Å². The summed E-state index contributed by atoms with van der Waals surface area (Å²) in [5.74, 6) is -0.951. The smallest absolute Gasteiger partial charge is 0.329 e. The predicted octanol–water partition coefficient (Wildman–Crippen LogP) is 0.971. The molecule has 1 rings (SSSR count). The Hall–Kier alpha value is -1.10. The second-order valence-corrected chi connectivity index (χ2v) is 4.83. The maximum Gasteiger partial charge on any atom is 0.329 e. The summed E-state index contributed by atoms with van der Waals surface area (Å²) < 4.78 is 0. The highest BCUT2D eigenvalue weighted by molar-refractivity contribution is 5.87. The van der Waals surface area contributed by atoms with Gasteiger partial charge in [0.15, 0.2) is 0 Å². The van der Waals surface area contributed by atoms with Crippen LogP contribution in [-0.4, -0.2) is 40.5 Å². The first-order valence-corrected chi connectivity index (χ1v) is 6.26. The zero-order chi connectivity index (χ0) is 12.9. The van der Waals surface area contributed by atoms with Crippen LogP contribution < -0.4 is 5.73 Å². The molecule has 1 amide bonds. The number of nitrogens with zero attached hydrogens (tertiary/aromatic N) is 1. The third-order valence-electron chi connectivity index (χ3n) is 3.50. The lowest BCUT2D eigenvalue weighted by Crippen LogP contribution is -2.57. The topological polar surface area (TPSA) is 83.6 Å². The van der Waals surface area contributed by atoms with Crippen LogP contribution in [0.25, 0.3) is 0 Å².